The van der Waals surface area contributed by atoms with Gasteiger partial charge in [-0.05, 0) is 25.0 Å². The summed E-state index contributed by atoms with van der Waals surface area (Å²) in [4.78, 5) is 16.0. The quantitative estimate of drug-likeness (QED) is 0.733. The van der Waals surface area contributed by atoms with E-state index in [0.717, 1.165) is 24.8 Å². The Labute approximate surface area is 83.3 Å². The van der Waals surface area contributed by atoms with Crippen molar-refractivity contribution in [1.82, 2.24) is 4.98 Å². The van der Waals surface area contributed by atoms with Gasteiger partial charge in [0.15, 0.2) is 5.78 Å². The first-order chi connectivity index (χ1) is 6.78. The Hall–Kier alpha value is -1.22. The van der Waals surface area contributed by atoms with Gasteiger partial charge in [0.2, 0.25) is 0 Å². The second-order valence-electron chi connectivity index (χ2n) is 3.90. The van der Waals surface area contributed by atoms with E-state index in [2.05, 4.69) is 4.98 Å². The lowest BCUT2D eigenvalue weighted by Crippen LogP contribution is -2.44. The van der Waals surface area contributed by atoms with Crippen LogP contribution < -0.4 is 5.73 Å². The number of nitrogens with zero attached hydrogens (tertiary/aromatic N) is 1. The SMILES string of the molecule is NCC1(C(=O)c2ccncc2)CCC1. The van der Waals surface area contributed by atoms with Gasteiger partial charge in [-0.15, -0.1) is 0 Å². The van der Waals surface area contributed by atoms with Gasteiger partial charge in [-0.2, -0.15) is 0 Å². The molecule has 0 atom stereocenters. The van der Waals surface area contributed by atoms with Crippen molar-refractivity contribution in [2.24, 2.45) is 11.1 Å². The van der Waals surface area contributed by atoms with Crippen LogP contribution >= 0.6 is 0 Å². The summed E-state index contributed by atoms with van der Waals surface area (Å²) in [7, 11) is 0. The molecule has 1 aliphatic carbocycles. The van der Waals surface area contributed by atoms with E-state index in [1.807, 2.05) is 0 Å². The number of nitrogens with two attached hydrogens (primary N) is 1. The minimum absolute atomic E-state index is 0.189. The minimum atomic E-state index is -0.263. The molecule has 1 fully saturated rings. The third-order valence-electron chi connectivity index (χ3n) is 3.13. The van der Waals surface area contributed by atoms with Crippen molar-refractivity contribution in [2.45, 2.75) is 19.3 Å². The van der Waals surface area contributed by atoms with Crippen LogP contribution in [0.4, 0.5) is 0 Å². The van der Waals surface area contributed by atoms with Crippen LogP contribution in [0.25, 0.3) is 0 Å². The lowest BCUT2D eigenvalue weighted by Gasteiger charge is -2.39. The van der Waals surface area contributed by atoms with E-state index in [-0.39, 0.29) is 11.2 Å². The Bertz CT molecular complexity index is 325. The van der Waals surface area contributed by atoms with E-state index in [4.69, 9.17) is 5.73 Å². The van der Waals surface area contributed by atoms with Gasteiger partial charge in [-0.3, -0.25) is 9.78 Å². The van der Waals surface area contributed by atoms with E-state index in [0.29, 0.717) is 6.54 Å². The van der Waals surface area contributed by atoms with Crippen LogP contribution in [0, 0.1) is 5.41 Å². The van der Waals surface area contributed by atoms with E-state index in [9.17, 15) is 4.79 Å². The molecule has 3 nitrogen and oxygen atoms in total. The summed E-state index contributed by atoms with van der Waals surface area (Å²) in [5, 5.41) is 0. The Balaban J connectivity index is 2.23. The molecule has 2 N–H and O–H groups in total. The van der Waals surface area contributed by atoms with Gasteiger partial charge in [0.05, 0.1) is 0 Å². The van der Waals surface area contributed by atoms with E-state index in [1.165, 1.54) is 0 Å². The predicted molar refractivity (Wildman–Crippen MR) is 53.9 cm³/mol. The Morgan fingerprint density at radius 2 is 2.07 bits per heavy atom. The maximum Gasteiger partial charge on any atom is 0.170 e. The second-order valence-corrected chi connectivity index (χ2v) is 3.90. The summed E-state index contributed by atoms with van der Waals surface area (Å²) in [5.41, 5.74) is 6.15. The van der Waals surface area contributed by atoms with E-state index < -0.39 is 0 Å². The van der Waals surface area contributed by atoms with Crippen molar-refractivity contribution >= 4 is 5.78 Å². The lowest BCUT2D eigenvalue weighted by molar-refractivity contribution is 0.0636. The summed E-state index contributed by atoms with van der Waals surface area (Å²) in [5.74, 6) is 0.189. The summed E-state index contributed by atoms with van der Waals surface area (Å²) in [6.07, 6.45) is 6.29. The Morgan fingerprint density at radius 3 is 2.50 bits per heavy atom. The minimum Gasteiger partial charge on any atom is -0.329 e. The first-order valence-corrected chi connectivity index (χ1v) is 4.93. The first kappa shape index (κ1) is 9.34. The normalized spacial score (nSPS) is 18.6. The fourth-order valence-electron chi connectivity index (χ4n) is 1.94. The fourth-order valence-corrected chi connectivity index (χ4v) is 1.94. The first-order valence-electron chi connectivity index (χ1n) is 4.93. The highest BCUT2D eigenvalue weighted by atomic mass is 16.1. The van der Waals surface area contributed by atoms with Crippen LogP contribution in [0.1, 0.15) is 29.6 Å². The molecule has 0 saturated heterocycles. The van der Waals surface area contributed by atoms with Gasteiger partial charge in [0, 0.05) is 29.9 Å². The predicted octanol–water partition coefficient (Wildman–Crippen LogP) is 1.39. The molecule has 1 aromatic rings. The summed E-state index contributed by atoms with van der Waals surface area (Å²) < 4.78 is 0. The molecule has 0 aromatic carbocycles. The zero-order valence-electron chi connectivity index (χ0n) is 8.07. The third-order valence-corrected chi connectivity index (χ3v) is 3.13. The van der Waals surface area contributed by atoms with E-state index >= 15 is 0 Å². The number of rotatable bonds is 3. The number of hydrogen-bond acceptors (Lipinski definition) is 3. The molecule has 1 aliphatic rings. The highest BCUT2D eigenvalue weighted by Crippen LogP contribution is 2.42. The van der Waals surface area contributed by atoms with Crippen molar-refractivity contribution in [3.8, 4) is 0 Å². The number of carbonyl (C=O) groups excluding carboxylic acids is 1. The molecule has 1 aromatic heterocycles. The van der Waals surface area contributed by atoms with Gasteiger partial charge in [-0.1, -0.05) is 6.42 Å². The summed E-state index contributed by atoms with van der Waals surface area (Å²) in [6.45, 7) is 0.466. The number of Topliss-reactive ketones (excluding diaryl/α,β-unsaturated/α-hetero) is 1. The average Bonchev–Trinajstić information content (AvgIpc) is 2.18. The second kappa shape index (κ2) is 3.50. The number of hydrogen-bond donors (Lipinski definition) is 1. The molecule has 14 heavy (non-hydrogen) atoms. The van der Waals surface area contributed by atoms with Gasteiger partial charge in [-0.25, -0.2) is 0 Å². The molecule has 1 saturated carbocycles. The Kier molecular flexibility index (Phi) is 2.33. The van der Waals surface area contributed by atoms with Crippen LogP contribution in [0.15, 0.2) is 24.5 Å². The van der Waals surface area contributed by atoms with Gasteiger partial charge in [0.1, 0.15) is 0 Å². The molecule has 74 valence electrons. The monoisotopic (exact) mass is 190 g/mol. The molecular weight excluding hydrogens is 176 g/mol. The number of aromatic nitrogens is 1. The molecule has 0 amide bonds. The van der Waals surface area contributed by atoms with Gasteiger partial charge < -0.3 is 5.73 Å². The topological polar surface area (TPSA) is 56.0 Å². The molecule has 0 aliphatic heterocycles. The maximum atomic E-state index is 12.1. The van der Waals surface area contributed by atoms with Crippen LogP contribution in [0.2, 0.25) is 0 Å². The molecule has 1 heterocycles. The molecule has 3 heteroatoms. The standard InChI is InChI=1S/C11H14N2O/c12-8-11(4-1-5-11)10(14)9-2-6-13-7-3-9/h2-3,6-7H,1,4-5,8,12H2. The zero-order chi connectivity index (χ0) is 10.0. The maximum absolute atomic E-state index is 12.1. The molecular formula is C11H14N2O. The van der Waals surface area contributed by atoms with Crippen molar-refractivity contribution in [3.05, 3.63) is 30.1 Å². The van der Waals surface area contributed by atoms with Crippen molar-refractivity contribution < 1.29 is 4.79 Å². The highest BCUT2D eigenvalue weighted by molar-refractivity contribution is 6.01. The average molecular weight is 190 g/mol. The molecule has 0 spiro atoms. The largest absolute Gasteiger partial charge is 0.329 e. The van der Waals surface area contributed by atoms with Crippen molar-refractivity contribution in [1.29, 1.82) is 0 Å². The summed E-state index contributed by atoms with van der Waals surface area (Å²) in [6, 6.07) is 3.52. The Morgan fingerprint density at radius 1 is 1.43 bits per heavy atom. The molecule has 0 unspecified atom stereocenters. The molecule has 0 radical (unpaired) electrons. The van der Waals surface area contributed by atoms with Crippen LogP contribution in [-0.2, 0) is 0 Å². The zero-order valence-corrected chi connectivity index (χ0v) is 8.07. The smallest absolute Gasteiger partial charge is 0.170 e. The number of pyridine rings is 1. The van der Waals surface area contributed by atoms with Crippen molar-refractivity contribution in [3.63, 3.8) is 0 Å². The van der Waals surface area contributed by atoms with Crippen molar-refractivity contribution in [2.75, 3.05) is 6.54 Å². The van der Waals surface area contributed by atoms with E-state index in [1.54, 1.807) is 24.5 Å². The highest BCUT2D eigenvalue weighted by Gasteiger charge is 2.42. The van der Waals surface area contributed by atoms with Gasteiger partial charge in [0.25, 0.3) is 0 Å². The van der Waals surface area contributed by atoms with Gasteiger partial charge >= 0.3 is 0 Å². The third kappa shape index (κ3) is 1.34. The number of carbonyl (C=O) groups is 1. The van der Waals surface area contributed by atoms with Crippen LogP contribution in [0.5, 0.6) is 0 Å². The molecule has 0 bridgehead atoms. The number of ketones is 1. The van der Waals surface area contributed by atoms with Crippen LogP contribution in [-0.4, -0.2) is 17.3 Å². The van der Waals surface area contributed by atoms with Crippen LogP contribution in [0.3, 0.4) is 0 Å². The fraction of sp³-hybridized carbons (Fsp3) is 0.455. The lowest BCUT2D eigenvalue weighted by atomic mass is 9.65. The molecule has 2 rings (SSSR count). The summed E-state index contributed by atoms with van der Waals surface area (Å²) >= 11 is 0.